The first kappa shape index (κ1) is 16.3. The van der Waals surface area contributed by atoms with Crippen molar-refractivity contribution in [3.8, 4) is 11.4 Å². The first-order chi connectivity index (χ1) is 12.7. The lowest BCUT2D eigenvalue weighted by atomic mass is 10.1. The van der Waals surface area contributed by atoms with E-state index in [0.29, 0.717) is 18.3 Å². The fourth-order valence-electron chi connectivity index (χ4n) is 3.29. The molecule has 132 valence electrons. The lowest BCUT2D eigenvalue weighted by molar-refractivity contribution is 0.912. The van der Waals surface area contributed by atoms with Crippen molar-refractivity contribution in [2.24, 2.45) is 10.7 Å². The Bertz CT molecular complexity index is 956. The molecule has 0 amide bonds. The van der Waals surface area contributed by atoms with E-state index < -0.39 is 0 Å². The van der Waals surface area contributed by atoms with Gasteiger partial charge in [0.05, 0.1) is 6.54 Å². The van der Waals surface area contributed by atoms with Crippen molar-refractivity contribution < 1.29 is 0 Å². The number of fused-ring (bicyclic) bond motifs is 1. The Hall–Kier alpha value is -3.15. The van der Waals surface area contributed by atoms with E-state index in [1.165, 1.54) is 24.0 Å². The van der Waals surface area contributed by atoms with Gasteiger partial charge < -0.3 is 11.1 Å². The number of H-pyrrole nitrogens is 1. The Morgan fingerprint density at radius 3 is 2.92 bits per heavy atom. The molecule has 0 spiro atoms. The number of rotatable bonds is 4. The summed E-state index contributed by atoms with van der Waals surface area (Å²) in [6, 6.07) is 14.5. The maximum absolute atomic E-state index is 6.06. The summed E-state index contributed by atoms with van der Waals surface area (Å²) in [6.45, 7) is 2.39. The minimum absolute atomic E-state index is 0.419. The third kappa shape index (κ3) is 3.59. The first-order valence-electron chi connectivity index (χ1n) is 8.84. The average molecular weight is 346 g/mol. The topological polar surface area (TPSA) is 92.0 Å². The standard InChI is InChI=1S/C20H22N6/c1-13-23-19(26-25-13)17-7-2-4-14(10-17)12-22-20(21)24-18-9-8-15-5-3-6-16(15)11-18/h2,4,7-11H,3,5-6,12H2,1H3,(H3,21,22,24)(H,23,25,26). The summed E-state index contributed by atoms with van der Waals surface area (Å²) in [5.41, 5.74) is 11.9. The molecule has 0 atom stereocenters. The number of nitrogens with one attached hydrogen (secondary N) is 2. The van der Waals surface area contributed by atoms with Crippen LogP contribution in [0.25, 0.3) is 11.4 Å². The minimum Gasteiger partial charge on any atom is -0.370 e. The van der Waals surface area contributed by atoms with Crippen molar-refractivity contribution in [3.05, 3.63) is 65.0 Å². The molecule has 1 aromatic heterocycles. The fourth-order valence-corrected chi connectivity index (χ4v) is 3.29. The van der Waals surface area contributed by atoms with Gasteiger partial charge in [-0.1, -0.05) is 24.3 Å². The van der Waals surface area contributed by atoms with Crippen LogP contribution < -0.4 is 11.1 Å². The second-order valence-electron chi connectivity index (χ2n) is 6.61. The van der Waals surface area contributed by atoms with E-state index in [1.807, 2.05) is 31.2 Å². The van der Waals surface area contributed by atoms with Gasteiger partial charge in [-0.3, -0.25) is 5.10 Å². The second-order valence-corrected chi connectivity index (χ2v) is 6.61. The molecule has 1 aliphatic carbocycles. The quantitative estimate of drug-likeness (QED) is 0.500. The normalized spacial score (nSPS) is 13.7. The number of hydrogen-bond donors (Lipinski definition) is 3. The molecule has 0 saturated heterocycles. The Balaban J connectivity index is 1.44. The molecule has 0 bridgehead atoms. The van der Waals surface area contributed by atoms with Gasteiger partial charge in [-0.2, -0.15) is 5.10 Å². The highest BCUT2D eigenvalue weighted by molar-refractivity contribution is 5.92. The zero-order valence-electron chi connectivity index (χ0n) is 14.8. The number of nitrogens with two attached hydrogens (primary N) is 1. The molecule has 0 saturated carbocycles. The Morgan fingerprint density at radius 1 is 1.19 bits per heavy atom. The van der Waals surface area contributed by atoms with E-state index >= 15 is 0 Å². The molecule has 6 heteroatoms. The summed E-state index contributed by atoms with van der Waals surface area (Å²) in [5, 5.41) is 10.3. The van der Waals surface area contributed by atoms with Gasteiger partial charge in [0, 0.05) is 11.3 Å². The van der Waals surface area contributed by atoms with Gasteiger partial charge in [0.25, 0.3) is 0 Å². The second kappa shape index (κ2) is 7.00. The number of anilines is 1. The van der Waals surface area contributed by atoms with Crippen LogP contribution in [0.2, 0.25) is 0 Å². The van der Waals surface area contributed by atoms with Gasteiger partial charge in [0.1, 0.15) is 5.82 Å². The van der Waals surface area contributed by atoms with Crippen LogP contribution in [-0.2, 0) is 19.4 Å². The van der Waals surface area contributed by atoms with Gasteiger partial charge >= 0.3 is 0 Å². The molecule has 3 aromatic rings. The number of guanidine groups is 1. The van der Waals surface area contributed by atoms with Crippen LogP contribution in [-0.4, -0.2) is 21.1 Å². The van der Waals surface area contributed by atoms with E-state index in [9.17, 15) is 0 Å². The largest absolute Gasteiger partial charge is 0.370 e. The van der Waals surface area contributed by atoms with Crippen molar-refractivity contribution in [3.63, 3.8) is 0 Å². The molecule has 6 nitrogen and oxygen atoms in total. The highest BCUT2D eigenvalue weighted by atomic mass is 15.2. The number of aliphatic imine (C=N–C) groups is 1. The molecule has 0 fully saturated rings. The maximum atomic E-state index is 6.06. The summed E-state index contributed by atoms with van der Waals surface area (Å²) in [7, 11) is 0. The van der Waals surface area contributed by atoms with Crippen LogP contribution in [0.4, 0.5) is 5.69 Å². The van der Waals surface area contributed by atoms with Gasteiger partial charge in [-0.15, -0.1) is 0 Å². The number of aromatic amines is 1. The molecule has 1 heterocycles. The van der Waals surface area contributed by atoms with Crippen molar-refractivity contribution in [2.45, 2.75) is 32.7 Å². The van der Waals surface area contributed by atoms with E-state index in [4.69, 9.17) is 5.73 Å². The number of aromatic nitrogens is 3. The molecule has 0 unspecified atom stereocenters. The third-order valence-corrected chi connectivity index (χ3v) is 4.59. The Morgan fingerprint density at radius 2 is 2.08 bits per heavy atom. The maximum Gasteiger partial charge on any atom is 0.193 e. The SMILES string of the molecule is Cc1nc(-c2cccc(CN=C(N)Nc3ccc4c(c3)CCC4)c2)n[nH]1. The van der Waals surface area contributed by atoms with Crippen LogP contribution in [0.1, 0.15) is 28.9 Å². The first-order valence-corrected chi connectivity index (χ1v) is 8.84. The van der Waals surface area contributed by atoms with Gasteiger partial charge in [-0.05, 0) is 61.1 Å². The van der Waals surface area contributed by atoms with Crippen LogP contribution in [0.15, 0.2) is 47.5 Å². The van der Waals surface area contributed by atoms with Crippen LogP contribution in [0.5, 0.6) is 0 Å². The summed E-state index contributed by atoms with van der Waals surface area (Å²) in [5.74, 6) is 1.91. The molecule has 0 radical (unpaired) electrons. The van der Waals surface area contributed by atoms with Gasteiger partial charge in [0.15, 0.2) is 11.8 Å². The van der Waals surface area contributed by atoms with E-state index in [-0.39, 0.29) is 0 Å². The molecule has 4 N–H and O–H groups in total. The molecule has 26 heavy (non-hydrogen) atoms. The summed E-state index contributed by atoms with van der Waals surface area (Å²) in [4.78, 5) is 8.82. The zero-order valence-corrected chi connectivity index (χ0v) is 14.8. The van der Waals surface area contributed by atoms with Crippen molar-refractivity contribution in [1.29, 1.82) is 0 Å². The number of hydrogen-bond acceptors (Lipinski definition) is 3. The minimum atomic E-state index is 0.419. The summed E-state index contributed by atoms with van der Waals surface area (Å²) >= 11 is 0. The van der Waals surface area contributed by atoms with E-state index in [1.54, 1.807) is 0 Å². The number of aryl methyl sites for hydroxylation is 3. The number of benzene rings is 2. The molecule has 1 aliphatic rings. The Labute approximate surface area is 152 Å². The van der Waals surface area contributed by atoms with Crippen LogP contribution in [0.3, 0.4) is 0 Å². The fraction of sp³-hybridized carbons (Fsp3) is 0.250. The molecule has 0 aliphatic heterocycles. The van der Waals surface area contributed by atoms with Gasteiger partial charge in [-0.25, -0.2) is 9.98 Å². The lowest BCUT2D eigenvalue weighted by Gasteiger charge is -2.08. The van der Waals surface area contributed by atoms with E-state index in [2.05, 4.69) is 43.7 Å². The molecule has 2 aromatic carbocycles. The van der Waals surface area contributed by atoms with Crippen molar-refractivity contribution in [1.82, 2.24) is 15.2 Å². The summed E-state index contributed by atoms with van der Waals surface area (Å²) in [6.07, 6.45) is 3.57. The predicted molar refractivity (Wildman–Crippen MR) is 104 cm³/mol. The van der Waals surface area contributed by atoms with Crippen molar-refractivity contribution in [2.75, 3.05) is 5.32 Å². The molecular weight excluding hydrogens is 324 g/mol. The average Bonchev–Trinajstić information content (AvgIpc) is 3.28. The number of nitrogens with zero attached hydrogens (tertiary/aromatic N) is 3. The van der Waals surface area contributed by atoms with Crippen LogP contribution >= 0.6 is 0 Å². The van der Waals surface area contributed by atoms with Gasteiger partial charge in [0.2, 0.25) is 0 Å². The highest BCUT2D eigenvalue weighted by Gasteiger charge is 2.11. The monoisotopic (exact) mass is 346 g/mol. The van der Waals surface area contributed by atoms with Crippen molar-refractivity contribution >= 4 is 11.6 Å². The highest BCUT2D eigenvalue weighted by Crippen LogP contribution is 2.24. The zero-order chi connectivity index (χ0) is 17.9. The smallest absolute Gasteiger partial charge is 0.193 e. The molecule has 4 rings (SSSR count). The third-order valence-electron chi connectivity index (χ3n) is 4.59. The molecular formula is C20H22N6. The summed E-state index contributed by atoms with van der Waals surface area (Å²) < 4.78 is 0. The predicted octanol–water partition coefficient (Wildman–Crippen LogP) is 3.20. The van der Waals surface area contributed by atoms with Crippen LogP contribution in [0, 0.1) is 6.92 Å². The Kier molecular flexibility index (Phi) is 4.39. The lowest BCUT2D eigenvalue weighted by Crippen LogP contribution is -2.22. The van der Waals surface area contributed by atoms with E-state index in [0.717, 1.165) is 29.1 Å².